The topological polar surface area (TPSA) is 61.4 Å². The molecule has 1 aromatic rings. The number of thiophene rings is 1. The van der Waals surface area contributed by atoms with E-state index in [2.05, 4.69) is 26.6 Å². The maximum absolute atomic E-state index is 12.4. The largest absolute Gasteiger partial charge is 0.340 e. The smallest absolute Gasteiger partial charge is 0.262 e. The Morgan fingerprint density at radius 1 is 1.55 bits per heavy atom. The molecule has 7 heteroatoms. The third-order valence-electron chi connectivity index (χ3n) is 3.30. The first kappa shape index (κ1) is 15.5. The normalized spacial score (nSPS) is 20.6. The number of nitrogens with zero attached hydrogens (tertiary/aromatic N) is 1. The van der Waals surface area contributed by atoms with Crippen LogP contribution in [0.4, 0.5) is 0 Å². The molecule has 2 N–H and O–H groups in total. The summed E-state index contributed by atoms with van der Waals surface area (Å²) in [4.78, 5) is 26.8. The Bertz CT molecular complexity index is 506. The van der Waals surface area contributed by atoms with Crippen molar-refractivity contribution in [2.45, 2.75) is 25.9 Å². The minimum absolute atomic E-state index is 0.0250. The van der Waals surface area contributed by atoms with Gasteiger partial charge in [-0.05, 0) is 41.9 Å². The number of hydrogen-bond acceptors (Lipinski definition) is 4. The van der Waals surface area contributed by atoms with Crippen LogP contribution >= 0.6 is 27.3 Å². The van der Waals surface area contributed by atoms with Crippen molar-refractivity contribution in [3.63, 3.8) is 0 Å². The van der Waals surface area contributed by atoms with Crippen LogP contribution in [0.5, 0.6) is 0 Å². The summed E-state index contributed by atoms with van der Waals surface area (Å²) in [5.74, 6) is -0.229. The first-order chi connectivity index (χ1) is 9.49. The summed E-state index contributed by atoms with van der Waals surface area (Å²) in [5.41, 5.74) is 0. The van der Waals surface area contributed by atoms with E-state index in [1.165, 1.54) is 11.3 Å². The predicted octanol–water partition coefficient (Wildman–Crippen LogP) is 1.45. The fraction of sp³-hybridized carbons (Fsp3) is 0.538. The molecule has 20 heavy (non-hydrogen) atoms. The van der Waals surface area contributed by atoms with Crippen molar-refractivity contribution in [3.8, 4) is 0 Å². The Morgan fingerprint density at radius 2 is 2.30 bits per heavy atom. The lowest BCUT2D eigenvalue weighted by Gasteiger charge is -2.35. The number of rotatable bonds is 3. The van der Waals surface area contributed by atoms with Gasteiger partial charge in [0.1, 0.15) is 6.04 Å². The van der Waals surface area contributed by atoms with Crippen molar-refractivity contribution in [1.82, 2.24) is 15.5 Å². The Labute approximate surface area is 130 Å². The Morgan fingerprint density at radius 3 is 2.90 bits per heavy atom. The maximum Gasteiger partial charge on any atom is 0.262 e. The monoisotopic (exact) mass is 359 g/mol. The second kappa shape index (κ2) is 6.69. The predicted molar refractivity (Wildman–Crippen MR) is 83.0 cm³/mol. The molecule has 1 fully saturated rings. The molecule has 1 aliphatic rings. The number of carbonyl (C=O) groups is 2. The summed E-state index contributed by atoms with van der Waals surface area (Å²) < 4.78 is 0.900. The van der Waals surface area contributed by atoms with Crippen LogP contribution in [0.1, 0.15) is 23.5 Å². The second-order valence-electron chi connectivity index (χ2n) is 4.88. The zero-order valence-electron chi connectivity index (χ0n) is 11.5. The lowest BCUT2D eigenvalue weighted by atomic mass is 10.1. The summed E-state index contributed by atoms with van der Waals surface area (Å²) >= 11 is 4.68. The van der Waals surface area contributed by atoms with Gasteiger partial charge >= 0.3 is 0 Å². The van der Waals surface area contributed by atoms with Gasteiger partial charge in [0.15, 0.2) is 0 Å². The molecule has 0 aliphatic carbocycles. The molecule has 2 heterocycles. The van der Waals surface area contributed by atoms with E-state index in [0.717, 1.165) is 16.9 Å². The van der Waals surface area contributed by atoms with Gasteiger partial charge in [0.05, 0.1) is 8.66 Å². The quantitative estimate of drug-likeness (QED) is 0.858. The van der Waals surface area contributed by atoms with Crippen molar-refractivity contribution in [1.29, 1.82) is 0 Å². The molecule has 0 aromatic carbocycles. The van der Waals surface area contributed by atoms with Crippen LogP contribution in [0.2, 0.25) is 0 Å². The molecular formula is C13H18BrN3O2S. The van der Waals surface area contributed by atoms with E-state index in [-0.39, 0.29) is 17.9 Å². The van der Waals surface area contributed by atoms with Crippen LogP contribution in [-0.4, -0.2) is 48.4 Å². The van der Waals surface area contributed by atoms with E-state index < -0.39 is 6.04 Å². The Balaban J connectivity index is 1.95. The van der Waals surface area contributed by atoms with Crippen LogP contribution in [0.3, 0.4) is 0 Å². The van der Waals surface area contributed by atoms with Crippen molar-refractivity contribution in [2.24, 2.45) is 0 Å². The molecule has 0 radical (unpaired) electrons. The van der Waals surface area contributed by atoms with Gasteiger partial charge < -0.3 is 15.5 Å². The summed E-state index contributed by atoms with van der Waals surface area (Å²) in [6.45, 7) is 6.02. The number of amides is 2. The van der Waals surface area contributed by atoms with Crippen molar-refractivity contribution in [2.75, 3.05) is 19.6 Å². The minimum atomic E-state index is -0.510. The average molecular weight is 360 g/mol. The highest BCUT2D eigenvalue weighted by atomic mass is 79.9. The maximum atomic E-state index is 12.4. The molecule has 2 amide bonds. The Kier molecular flexibility index (Phi) is 5.17. The number of hydrogen-bond donors (Lipinski definition) is 2. The van der Waals surface area contributed by atoms with Gasteiger partial charge in [-0.25, -0.2) is 0 Å². The number of carbonyl (C=O) groups excluding carboxylic acids is 2. The van der Waals surface area contributed by atoms with Crippen LogP contribution in [0, 0.1) is 0 Å². The van der Waals surface area contributed by atoms with Crippen molar-refractivity contribution >= 4 is 39.1 Å². The van der Waals surface area contributed by atoms with E-state index in [1.807, 2.05) is 17.9 Å². The molecule has 2 atom stereocenters. The van der Waals surface area contributed by atoms with Crippen molar-refractivity contribution in [3.05, 3.63) is 20.8 Å². The van der Waals surface area contributed by atoms with Gasteiger partial charge in [-0.2, -0.15) is 0 Å². The van der Waals surface area contributed by atoms with Crippen LogP contribution in [-0.2, 0) is 4.79 Å². The molecule has 1 aromatic heterocycles. The highest BCUT2D eigenvalue weighted by molar-refractivity contribution is 9.11. The molecule has 5 nitrogen and oxygen atoms in total. The highest BCUT2D eigenvalue weighted by Crippen LogP contribution is 2.22. The zero-order valence-corrected chi connectivity index (χ0v) is 13.9. The second-order valence-corrected chi connectivity index (χ2v) is 7.35. The molecule has 1 saturated heterocycles. The van der Waals surface area contributed by atoms with E-state index in [9.17, 15) is 9.59 Å². The summed E-state index contributed by atoms with van der Waals surface area (Å²) in [6.07, 6.45) is 0. The van der Waals surface area contributed by atoms with Gasteiger partial charge in [-0.3, -0.25) is 9.59 Å². The summed E-state index contributed by atoms with van der Waals surface area (Å²) in [7, 11) is 0. The first-order valence-electron chi connectivity index (χ1n) is 6.56. The SMILES string of the molecule is CC(NC(=O)c1ccc(Br)s1)C(=O)N1CCNCC1C. The van der Waals surface area contributed by atoms with E-state index in [0.29, 0.717) is 11.4 Å². The fourth-order valence-electron chi connectivity index (χ4n) is 2.18. The standard InChI is InChI=1S/C13H18BrN3O2S/c1-8-7-15-5-6-17(8)13(19)9(2)16-12(18)10-3-4-11(14)20-10/h3-4,8-9,15H,5-7H2,1-2H3,(H,16,18). The average Bonchev–Trinajstić information content (AvgIpc) is 2.85. The molecule has 2 rings (SSSR count). The van der Waals surface area contributed by atoms with Crippen LogP contribution in [0.25, 0.3) is 0 Å². The molecule has 2 unspecified atom stereocenters. The fourth-order valence-corrected chi connectivity index (χ4v) is 3.47. The van der Waals surface area contributed by atoms with Gasteiger partial charge in [0.25, 0.3) is 5.91 Å². The van der Waals surface area contributed by atoms with E-state index >= 15 is 0 Å². The lowest BCUT2D eigenvalue weighted by molar-refractivity contribution is -0.135. The lowest BCUT2D eigenvalue weighted by Crippen LogP contribution is -2.57. The zero-order chi connectivity index (χ0) is 14.7. The van der Waals surface area contributed by atoms with Crippen molar-refractivity contribution < 1.29 is 9.59 Å². The van der Waals surface area contributed by atoms with Gasteiger partial charge in [0, 0.05) is 25.7 Å². The third kappa shape index (κ3) is 3.59. The number of piperazine rings is 1. The first-order valence-corrected chi connectivity index (χ1v) is 8.17. The summed E-state index contributed by atoms with van der Waals surface area (Å²) in [6, 6.07) is 3.22. The molecule has 0 bridgehead atoms. The highest BCUT2D eigenvalue weighted by Gasteiger charge is 2.28. The number of halogens is 1. The van der Waals surface area contributed by atoms with Crippen LogP contribution in [0.15, 0.2) is 15.9 Å². The summed E-state index contributed by atoms with van der Waals surface area (Å²) in [5, 5.41) is 6.01. The van der Waals surface area contributed by atoms with Crippen LogP contribution < -0.4 is 10.6 Å². The van der Waals surface area contributed by atoms with Gasteiger partial charge in [-0.15, -0.1) is 11.3 Å². The van der Waals surface area contributed by atoms with Gasteiger partial charge in [-0.1, -0.05) is 0 Å². The molecule has 0 saturated carbocycles. The molecule has 0 spiro atoms. The molecule has 110 valence electrons. The third-order valence-corrected chi connectivity index (χ3v) is 4.92. The van der Waals surface area contributed by atoms with E-state index in [4.69, 9.17) is 0 Å². The number of nitrogens with one attached hydrogen (secondary N) is 2. The van der Waals surface area contributed by atoms with Gasteiger partial charge in [0.2, 0.25) is 5.91 Å². The molecular weight excluding hydrogens is 342 g/mol. The minimum Gasteiger partial charge on any atom is -0.340 e. The van der Waals surface area contributed by atoms with E-state index in [1.54, 1.807) is 13.0 Å². The molecule has 1 aliphatic heterocycles. The Hall–Kier alpha value is -0.920.